The maximum Gasteiger partial charge on any atom is 0.434 e. The van der Waals surface area contributed by atoms with E-state index in [9.17, 15) is 22.8 Å². The van der Waals surface area contributed by atoms with Crippen molar-refractivity contribution in [1.29, 1.82) is 0 Å². The highest BCUT2D eigenvalue weighted by Gasteiger charge is 2.39. The highest BCUT2D eigenvalue weighted by Crippen LogP contribution is 2.37. The van der Waals surface area contributed by atoms with Crippen molar-refractivity contribution in [3.05, 3.63) is 63.0 Å². The van der Waals surface area contributed by atoms with E-state index in [0.717, 1.165) is 12.5 Å². The molecule has 4 aromatic rings. The number of para-hydroxylation sites is 1. The van der Waals surface area contributed by atoms with Crippen LogP contribution >= 0.6 is 11.6 Å². The molecule has 14 heteroatoms. The van der Waals surface area contributed by atoms with Crippen molar-refractivity contribution in [2.45, 2.75) is 12.6 Å². The van der Waals surface area contributed by atoms with Crippen LogP contribution < -0.4 is 20.9 Å². The summed E-state index contributed by atoms with van der Waals surface area (Å²) in [5, 5.41) is 9.20. The molecule has 0 unspecified atom stereocenters. The summed E-state index contributed by atoms with van der Waals surface area (Å²) >= 11 is 6.22. The highest BCUT2D eigenvalue weighted by molar-refractivity contribution is 6.32. The summed E-state index contributed by atoms with van der Waals surface area (Å²) in [5.41, 5.74) is -1.28. The van der Waals surface area contributed by atoms with Crippen LogP contribution in [0.5, 0.6) is 5.75 Å². The van der Waals surface area contributed by atoms with E-state index < -0.39 is 23.3 Å². The van der Waals surface area contributed by atoms with E-state index in [0.29, 0.717) is 35.2 Å². The van der Waals surface area contributed by atoms with E-state index in [2.05, 4.69) is 25.7 Å². The monoisotopic (exact) mass is 547 g/mol. The summed E-state index contributed by atoms with van der Waals surface area (Å²) in [6.07, 6.45) is -4.11. The number of carbonyl (C=O) groups is 1. The number of benzene rings is 1. The molecule has 0 bridgehead atoms. The van der Waals surface area contributed by atoms with Crippen LogP contribution in [-0.4, -0.2) is 50.8 Å². The van der Waals surface area contributed by atoms with Gasteiger partial charge in [0.25, 0.3) is 11.5 Å². The Balaban J connectivity index is 1.56. The van der Waals surface area contributed by atoms with Gasteiger partial charge in [0.2, 0.25) is 0 Å². The molecule has 0 saturated carbocycles. The minimum absolute atomic E-state index is 0.0882. The van der Waals surface area contributed by atoms with Crippen LogP contribution in [0.15, 0.2) is 41.2 Å². The number of likely N-dealkylation sites (tertiary alicyclic amines) is 1. The fraction of sp³-hybridized carbons (Fsp3) is 0.250. The number of halogens is 4. The van der Waals surface area contributed by atoms with Gasteiger partial charge in [0, 0.05) is 26.2 Å². The second-order valence-corrected chi connectivity index (χ2v) is 8.97. The number of rotatable bonds is 6. The number of aryl methyl sites for hydroxylation is 1. The molecule has 0 radical (unpaired) electrons. The van der Waals surface area contributed by atoms with Gasteiger partial charge in [-0.25, -0.2) is 9.97 Å². The van der Waals surface area contributed by atoms with E-state index >= 15 is 0 Å². The zero-order valence-electron chi connectivity index (χ0n) is 20.1. The van der Waals surface area contributed by atoms with Gasteiger partial charge < -0.3 is 20.3 Å². The van der Waals surface area contributed by atoms with Gasteiger partial charge in [-0.15, -0.1) is 0 Å². The zero-order chi connectivity index (χ0) is 27.2. The molecule has 1 saturated heterocycles. The minimum atomic E-state index is -4.86. The Morgan fingerprint density at radius 1 is 1.11 bits per heavy atom. The molecule has 38 heavy (non-hydrogen) atoms. The lowest BCUT2D eigenvalue weighted by atomic mass is 10.1. The molecule has 4 heterocycles. The number of nitrogens with zero attached hydrogens (tertiary/aromatic N) is 4. The van der Waals surface area contributed by atoms with E-state index in [1.54, 1.807) is 18.2 Å². The maximum absolute atomic E-state index is 13.8. The van der Waals surface area contributed by atoms with Crippen LogP contribution in [-0.2, 0) is 13.2 Å². The fourth-order valence-corrected chi connectivity index (χ4v) is 4.33. The molecule has 1 aliphatic rings. The molecule has 0 atom stereocenters. The summed E-state index contributed by atoms with van der Waals surface area (Å²) in [6.45, 7) is 0.811. The minimum Gasteiger partial charge on any atom is -0.493 e. The van der Waals surface area contributed by atoms with Gasteiger partial charge in [-0.1, -0.05) is 17.7 Å². The number of ether oxygens (including phenoxy) is 1. The number of nitrogens with one attached hydrogen (secondary N) is 3. The number of amides is 1. The first-order chi connectivity index (χ1) is 18.1. The Labute approximate surface area is 218 Å². The van der Waals surface area contributed by atoms with Crippen LogP contribution in [0.4, 0.5) is 36.2 Å². The first-order valence-corrected chi connectivity index (χ1v) is 11.8. The Kier molecular flexibility index (Phi) is 6.39. The van der Waals surface area contributed by atoms with Crippen molar-refractivity contribution in [1.82, 2.24) is 24.6 Å². The standard InChI is InChI=1S/C24H21ClF3N7O3/c1-34-23(37)18-15(29-14-6-3-5-13(25)19(14)38-2)11-17(32-21(18)33-34)30-16-8-7-12(20(31-16)24(26,27)28)22(36)35-9-4-10-35/h3,5-8,11H,4,9-10H2,1-2H3,(H3,29,30,31,32,33). The lowest BCUT2D eigenvalue weighted by Gasteiger charge is -2.31. The number of aromatic amines is 1. The predicted octanol–water partition coefficient (Wildman–Crippen LogP) is 4.67. The topological polar surface area (TPSA) is 117 Å². The molecule has 1 fully saturated rings. The number of hydrogen-bond donors (Lipinski definition) is 3. The molecule has 198 valence electrons. The zero-order valence-corrected chi connectivity index (χ0v) is 20.9. The smallest absolute Gasteiger partial charge is 0.434 e. The van der Waals surface area contributed by atoms with Crippen LogP contribution in [0.2, 0.25) is 5.02 Å². The van der Waals surface area contributed by atoms with Crippen LogP contribution in [0.25, 0.3) is 11.0 Å². The van der Waals surface area contributed by atoms with Crippen molar-refractivity contribution < 1.29 is 22.7 Å². The Morgan fingerprint density at radius 3 is 2.53 bits per heavy atom. The molecule has 0 spiro atoms. The molecular weight excluding hydrogens is 527 g/mol. The van der Waals surface area contributed by atoms with Crippen molar-refractivity contribution in [2.75, 3.05) is 30.8 Å². The lowest BCUT2D eigenvalue weighted by Crippen LogP contribution is -2.42. The third kappa shape index (κ3) is 4.60. The van der Waals surface area contributed by atoms with Crippen molar-refractivity contribution in [3.63, 3.8) is 0 Å². The number of hydrogen-bond acceptors (Lipinski definition) is 7. The summed E-state index contributed by atoms with van der Waals surface area (Å²) in [7, 11) is 2.95. The second-order valence-electron chi connectivity index (χ2n) is 8.56. The van der Waals surface area contributed by atoms with Crippen molar-refractivity contribution >= 4 is 51.6 Å². The van der Waals surface area contributed by atoms with Gasteiger partial charge in [0.1, 0.15) is 17.0 Å². The average Bonchev–Trinajstić information content (AvgIpc) is 3.11. The molecule has 3 N–H and O–H groups in total. The summed E-state index contributed by atoms with van der Waals surface area (Å²) < 4.78 is 48.1. The quantitative estimate of drug-likeness (QED) is 0.321. The van der Waals surface area contributed by atoms with Gasteiger partial charge in [0.15, 0.2) is 17.1 Å². The van der Waals surface area contributed by atoms with Crippen LogP contribution in [0.1, 0.15) is 22.5 Å². The van der Waals surface area contributed by atoms with E-state index in [-0.39, 0.29) is 28.2 Å². The van der Waals surface area contributed by atoms with Crippen LogP contribution in [0, 0.1) is 0 Å². The number of alkyl halides is 3. The lowest BCUT2D eigenvalue weighted by molar-refractivity contribution is -0.141. The molecule has 1 aromatic carbocycles. The molecule has 1 amide bonds. The number of carbonyl (C=O) groups excluding carboxylic acids is 1. The largest absolute Gasteiger partial charge is 0.493 e. The van der Waals surface area contributed by atoms with Crippen molar-refractivity contribution in [2.24, 2.45) is 7.05 Å². The van der Waals surface area contributed by atoms with E-state index in [1.165, 1.54) is 35.9 Å². The SMILES string of the molecule is COc1c(Cl)cccc1Nc1cc(Nc2ccc(C(=O)N3CCC3)c(C(F)(F)F)n2)nc2[nH]n(C)c(=O)c12. The highest BCUT2D eigenvalue weighted by atomic mass is 35.5. The number of methoxy groups -OCH3 is 1. The van der Waals surface area contributed by atoms with E-state index in [4.69, 9.17) is 16.3 Å². The molecule has 10 nitrogen and oxygen atoms in total. The molecule has 3 aromatic heterocycles. The molecular formula is C24H21ClF3N7O3. The Morgan fingerprint density at radius 2 is 1.87 bits per heavy atom. The number of pyridine rings is 2. The number of anilines is 4. The second kappa shape index (κ2) is 9.56. The molecule has 1 aliphatic heterocycles. The summed E-state index contributed by atoms with van der Waals surface area (Å²) in [5.74, 6) is -0.481. The molecule has 0 aliphatic carbocycles. The normalized spacial score (nSPS) is 13.4. The summed E-state index contributed by atoms with van der Waals surface area (Å²) in [4.78, 5) is 34.7. The molecule has 5 rings (SSSR count). The van der Waals surface area contributed by atoms with Gasteiger partial charge in [-0.2, -0.15) is 13.2 Å². The number of aromatic nitrogens is 4. The summed E-state index contributed by atoms with van der Waals surface area (Å²) in [6, 6.07) is 8.83. The Bertz CT molecular complexity index is 1610. The average molecular weight is 548 g/mol. The van der Waals surface area contributed by atoms with E-state index in [1.807, 2.05) is 0 Å². The van der Waals surface area contributed by atoms with Gasteiger partial charge >= 0.3 is 6.18 Å². The first-order valence-electron chi connectivity index (χ1n) is 11.4. The number of fused-ring (bicyclic) bond motifs is 1. The van der Waals surface area contributed by atoms with Gasteiger partial charge in [-0.05, 0) is 30.7 Å². The first kappa shape index (κ1) is 25.4. The number of H-pyrrole nitrogens is 1. The van der Waals surface area contributed by atoms with Crippen LogP contribution in [0.3, 0.4) is 0 Å². The van der Waals surface area contributed by atoms with Crippen molar-refractivity contribution in [3.8, 4) is 5.75 Å². The van der Waals surface area contributed by atoms with Gasteiger partial charge in [0.05, 0.1) is 29.1 Å². The third-order valence-electron chi connectivity index (χ3n) is 6.05. The van der Waals surface area contributed by atoms with Gasteiger partial charge in [-0.3, -0.25) is 19.4 Å². The Hall–Kier alpha value is -4.26. The predicted molar refractivity (Wildman–Crippen MR) is 136 cm³/mol. The third-order valence-corrected chi connectivity index (χ3v) is 6.34. The maximum atomic E-state index is 13.8. The fourth-order valence-electron chi connectivity index (χ4n) is 4.08.